The highest BCUT2D eigenvalue weighted by atomic mass is 16.4. The normalized spacial score (nSPS) is 12.6. The zero-order chi connectivity index (χ0) is 17.2. The van der Waals surface area contributed by atoms with Crippen molar-refractivity contribution in [1.82, 2.24) is 10.3 Å². The number of aromatic amines is 1. The summed E-state index contributed by atoms with van der Waals surface area (Å²) in [6.45, 7) is 0.441. The lowest BCUT2D eigenvalue weighted by atomic mass is 10.0. The van der Waals surface area contributed by atoms with E-state index in [9.17, 15) is 9.90 Å². The molecule has 0 aliphatic heterocycles. The standard InChI is InChI=1S/C20H18N2O3/c23-20(24)18(9-13-10-21-17-7-3-1-5-15(13)17)22-11-14-12-25-19-8-4-2-6-16(14)19/h1-8,10,12,18,21-22H,9,11H2,(H,23,24)/t18-/m1/s1. The fraction of sp³-hybridized carbons (Fsp3) is 0.150. The van der Waals surface area contributed by atoms with Crippen LogP contribution in [0.3, 0.4) is 0 Å². The van der Waals surface area contributed by atoms with Gasteiger partial charge in [0.15, 0.2) is 0 Å². The van der Waals surface area contributed by atoms with Gasteiger partial charge in [-0.15, -0.1) is 0 Å². The third-order valence-electron chi connectivity index (χ3n) is 4.50. The Kier molecular flexibility index (Phi) is 3.99. The maximum absolute atomic E-state index is 11.7. The summed E-state index contributed by atoms with van der Waals surface area (Å²) in [6, 6.07) is 15.0. The summed E-state index contributed by atoms with van der Waals surface area (Å²) in [6.07, 6.45) is 3.98. The number of aromatic nitrogens is 1. The Labute approximate surface area is 144 Å². The maximum Gasteiger partial charge on any atom is 0.321 e. The molecule has 0 saturated heterocycles. The van der Waals surface area contributed by atoms with Crippen molar-refractivity contribution in [3.05, 3.63) is 72.1 Å². The van der Waals surface area contributed by atoms with E-state index >= 15 is 0 Å². The van der Waals surface area contributed by atoms with E-state index in [-0.39, 0.29) is 0 Å². The summed E-state index contributed by atoms with van der Waals surface area (Å²) >= 11 is 0. The SMILES string of the molecule is O=C(O)[C@@H](Cc1c[nH]c2ccccc12)NCc1coc2ccccc12. The molecule has 0 aliphatic rings. The first-order valence-electron chi connectivity index (χ1n) is 8.18. The van der Waals surface area contributed by atoms with Crippen molar-refractivity contribution in [3.63, 3.8) is 0 Å². The van der Waals surface area contributed by atoms with Gasteiger partial charge in [0.2, 0.25) is 0 Å². The number of benzene rings is 2. The van der Waals surface area contributed by atoms with Crippen molar-refractivity contribution in [2.24, 2.45) is 0 Å². The minimum absolute atomic E-state index is 0.412. The van der Waals surface area contributed by atoms with Gasteiger partial charge in [-0.25, -0.2) is 0 Å². The van der Waals surface area contributed by atoms with Crippen LogP contribution >= 0.6 is 0 Å². The maximum atomic E-state index is 11.7. The summed E-state index contributed by atoms with van der Waals surface area (Å²) in [5, 5.41) is 14.8. The number of carboxylic acids is 1. The van der Waals surface area contributed by atoms with E-state index in [1.165, 1.54) is 0 Å². The molecule has 0 saturated carbocycles. The number of H-pyrrole nitrogens is 1. The topological polar surface area (TPSA) is 78.3 Å². The van der Waals surface area contributed by atoms with E-state index in [0.717, 1.165) is 33.0 Å². The van der Waals surface area contributed by atoms with Crippen LogP contribution in [0, 0.1) is 0 Å². The summed E-state index contributed by atoms with van der Waals surface area (Å²) in [7, 11) is 0. The van der Waals surface area contributed by atoms with Crippen molar-refractivity contribution >= 4 is 27.8 Å². The highest BCUT2D eigenvalue weighted by Crippen LogP contribution is 2.22. The fourth-order valence-electron chi connectivity index (χ4n) is 3.17. The molecule has 0 spiro atoms. The molecule has 2 aromatic carbocycles. The third kappa shape index (κ3) is 3.02. The average Bonchev–Trinajstić information content (AvgIpc) is 3.22. The molecule has 0 aliphatic carbocycles. The molecular formula is C20H18N2O3. The van der Waals surface area contributed by atoms with Crippen LogP contribution in [0.1, 0.15) is 11.1 Å². The molecule has 0 amide bonds. The van der Waals surface area contributed by atoms with Crippen molar-refractivity contribution < 1.29 is 14.3 Å². The van der Waals surface area contributed by atoms with Crippen LogP contribution in [0.5, 0.6) is 0 Å². The van der Waals surface area contributed by atoms with Gasteiger partial charge in [0.1, 0.15) is 11.6 Å². The molecule has 1 atom stereocenters. The number of hydrogen-bond donors (Lipinski definition) is 3. The lowest BCUT2D eigenvalue weighted by Crippen LogP contribution is -2.38. The van der Waals surface area contributed by atoms with Gasteiger partial charge < -0.3 is 14.5 Å². The number of nitrogens with one attached hydrogen (secondary N) is 2. The monoisotopic (exact) mass is 334 g/mol. The predicted octanol–water partition coefficient (Wildman–Crippen LogP) is 3.70. The quantitative estimate of drug-likeness (QED) is 0.502. The second-order valence-corrected chi connectivity index (χ2v) is 6.09. The lowest BCUT2D eigenvalue weighted by Gasteiger charge is -2.13. The van der Waals surface area contributed by atoms with E-state index in [4.69, 9.17) is 4.42 Å². The third-order valence-corrected chi connectivity index (χ3v) is 4.50. The molecule has 5 heteroatoms. The van der Waals surface area contributed by atoms with Gasteiger partial charge in [-0.2, -0.15) is 0 Å². The van der Waals surface area contributed by atoms with Crippen LogP contribution in [0.15, 0.2) is 65.4 Å². The number of furan rings is 1. The number of carbonyl (C=O) groups is 1. The van der Waals surface area contributed by atoms with Crippen LogP contribution in [-0.2, 0) is 17.8 Å². The van der Waals surface area contributed by atoms with Gasteiger partial charge >= 0.3 is 5.97 Å². The number of para-hydroxylation sites is 2. The molecule has 0 radical (unpaired) electrons. The average molecular weight is 334 g/mol. The van der Waals surface area contributed by atoms with Gasteiger partial charge in [-0.05, 0) is 17.7 Å². The van der Waals surface area contributed by atoms with Crippen LogP contribution in [0.4, 0.5) is 0 Å². The van der Waals surface area contributed by atoms with Crippen LogP contribution in [0.25, 0.3) is 21.9 Å². The van der Waals surface area contributed by atoms with E-state index in [1.807, 2.05) is 54.7 Å². The Balaban J connectivity index is 1.53. The van der Waals surface area contributed by atoms with Crippen LogP contribution < -0.4 is 5.32 Å². The smallest absolute Gasteiger partial charge is 0.321 e. The minimum Gasteiger partial charge on any atom is -0.480 e. The summed E-state index contributed by atoms with van der Waals surface area (Å²) in [4.78, 5) is 14.9. The van der Waals surface area contributed by atoms with E-state index in [1.54, 1.807) is 6.26 Å². The number of fused-ring (bicyclic) bond motifs is 2. The Morgan fingerprint density at radius 2 is 1.84 bits per heavy atom. The van der Waals surface area contributed by atoms with Crippen molar-refractivity contribution in [2.75, 3.05) is 0 Å². The van der Waals surface area contributed by atoms with Gasteiger partial charge in [0.05, 0.1) is 6.26 Å². The van der Waals surface area contributed by atoms with Crippen molar-refractivity contribution in [1.29, 1.82) is 0 Å². The largest absolute Gasteiger partial charge is 0.480 e. The lowest BCUT2D eigenvalue weighted by molar-refractivity contribution is -0.139. The molecule has 0 bridgehead atoms. The zero-order valence-electron chi connectivity index (χ0n) is 13.5. The fourth-order valence-corrected chi connectivity index (χ4v) is 3.17. The van der Waals surface area contributed by atoms with Gasteiger partial charge in [-0.3, -0.25) is 10.1 Å². The Morgan fingerprint density at radius 1 is 1.08 bits per heavy atom. The van der Waals surface area contributed by atoms with Crippen LogP contribution in [0.2, 0.25) is 0 Å². The highest BCUT2D eigenvalue weighted by molar-refractivity contribution is 5.84. The first-order valence-corrected chi connectivity index (χ1v) is 8.18. The predicted molar refractivity (Wildman–Crippen MR) is 96.5 cm³/mol. The molecule has 126 valence electrons. The molecule has 2 aromatic heterocycles. The van der Waals surface area contributed by atoms with Crippen molar-refractivity contribution in [2.45, 2.75) is 19.0 Å². The Morgan fingerprint density at radius 3 is 2.68 bits per heavy atom. The number of rotatable bonds is 6. The van der Waals surface area contributed by atoms with Gasteiger partial charge in [0.25, 0.3) is 0 Å². The summed E-state index contributed by atoms with van der Waals surface area (Å²) in [5.41, 5.74) is 3.78. The molecule has 0 fully saturated rings. The zero-order valence-corrected chi connectivity index (χ0v) is 13.5. The molecule has 3 N–H and O–H groups in total. The number of carboxylic acid groups (broad SMARTS) is 1. The van der Waals surface area contributed by atoms with Crippen LogP contribution in [-0.4, -0.2) is 22.1 Å². The molecule has 2 heterocycles. The molecule has 4 rings (SSSR count). The Bertz CT molecular complexity index is 1030. The molecule has 4 aromatic rings. The van der Waals surface area contributed by atoms with Gasteiger partial charge in [0, 0.05) is 41.0 Å². The molecular weight excluding hydrogens is 316 g/mol. The molecule has 0 unspecified atom stereocenters. The number of hydrogen-bond acceptors (Lipinski definition) is 3. The summed E-state index contributed by atoms with van der Waals surface area (Å²) in [5.74, 6) is -0.863. The second-order valence-electron chi connectivity index (χ2n) is 6.09. The number of aliphatic carboxylic acids is 1. The minimum atomic E-state index is -0.863. The Hall–Kier alpha value is -3.05. The first-order chi connectivity index (χ1) is 12.2. The molecule has 5 nitrogen and oxygen atoms in total. The second kappa shape index (κ2) is 6.45. The molecule has 25 heavy (non-hydrogen) atoms. The summed E-state index contributed by atoms with van der Waals surface area (Å²) < 4.78 is 5.51. The van der Waals surface area contributed by atoms with Crippen molar-refractivity contribution in [3.8, 4) is 0 Å². The first kappa shape index (κ1) is 15.5. The van der Waals surface area contributed by atoms with E-state index in [0.29, 0.717) is 13.0 Å². The highest BCUT2D eigenvalue weighted by Gasteiger charge is 2.20. The van der Waals surface area contributed by atoms with Gasteiger partial charge in [-0.1, -0.05) is 36.4 Å². The van der Waals surface area contributed by atoms with E-state index in [2.05, 4.69) is 10.3 Å². The van der Waals surface area contributed by atoms with E-state index < -0.39 is 12.0 Å².